The Bertz CT molecular complexity index is 241. The summed E-state index contributed by atoms with van der Waals surface area (Å²) in [5.74, 6) is 2.97. The maximum Gasteiger partial charge on any atom is 0.188 e. The molecule has 1 rings (SSSR count). The lowest BCUT2D eigenvalue weighted by Crippen LogP contribution is -2.33. The summed E-state index contributed by atoms with van der Waals surface area (Å²) in [5, 5.41) is 3.19. The first-order valence-corrected chi connectivity index (χ1v) is 7.11. The maximum atomic E-state index is 5.85. The van der Waals surface area contributed by atoms with Gasteiger partial charge in [-0.15, -0.1) is 24.0 Å². The molecule has 1 saturated carbocycles. The van der Waals surface area contributed by atoms with Gasteiger partial charge in [-0.05, 0) is 37.0 Å². The zero-order chi connectivity index (χ0) is 12.7. The maximum absolute atomic E-state index is 5.85. The second-order valence-electron chi connectivity index (χ2n) is 5.97. The van der Waals surface area contributed by atoms with E-state index in [1.165, 1.54) is 25.7 Å². The van der Waals surface area contributed by atoms with Crippen LogP contribution in [0, 0.1) is 17.8 Å². The third kappa shape index (κ3) is 8.16. The first-order valence-electron chi connectivity index (χ1n) is 7.11. The van der Waals surface area contributed by atoms with Crippen molar-refractivity contribution in [2.75, 3.05) is 13.1 Å². The molecular formula is C14H30IN3. The van der Waals surface area contributed by atoms with Crippen molar-refractivity contribution in [3.63, 3.8) is 0 Å². The average molecular weight is 367 g/mol. The van der Waals surface area contributed by atoms with Gasteiger partial charge in [-0.1, -0.05) is 33.6 Å². The van der Waals surface area contributed by atoms with Crippen LogP contribution in [0.1, 0.15) is 52.9 Å². The Morgan fingerprint density at radius 2 is 2.11 bits per heavy atom. The van der Waals surface area contributed by atoms with E-state index >= 15 is 0 Å². The highest BCUT2D eigenvalue weighted by Crippen LogP contribution is 2.28. The van der Waals surface area contributed by atoms with Crippen molar-refractivity contribution in [1.82, 2.24) is 5.32 Å². The topological polar surface area (TPSA) is 50.4 Å². The Morgan fingerprint density at radius 1 is 1.39 bits per heavy atom. The highest BCUT2D eigenvalue weighted by atomic mass is 127. The summed E-state index contributed by atoms with van der Waals surface area (Å²) in [5.41, 5.74) is 5.85. The highest BCUT2D eigenvalue weighted by Gasteiger charge is 2.18. The Balaban J connectivity index is 0.00000289. The molecule has 0 aromatic carbocycles. The Labute approximate surface area is 129 Å². The SMILES string of the molecule is CC(C)CCNC(N)=NCC1CCCC(C)C1.I. The van der Waals surface area contributed by atoms with Gasteiger partial charge < -0.3 is 11.1 Å². The van der Waals surface area contributed by atoms with Crippen molar-refractivity contribution < 1.29 is 0 Å². The minimum Gasteiger partial charge on any atom is -0.370 e. The summed E-state index contributed by atoms with van der Waals surface area (Å²) in [4.78, 5) is 4.46. The zero-order valence-corrected chi connectivity index (χ0v) is 14.4. The van der Waals surface area contributed by atoms with Crippen LogP contribution < -0.4 is 11.1 Å². The fraction of sp³-hybridized carbons (Fsp3) is 0.929. The van der Waals surface area contributed by atoms with Gasteiger partial charge >= 0.3 is 0 Å². The first-order chi connectivity index (χ1) is 8.08. The summed E-state index contributed by atoms with van der Waals surface area (Å²) < 4.78 is 0. The summed E-state index contributed by atoms with van der Waals surface area (Å²) >= 11 is 0. The molecular weight excluding hydrogens is 337 g/mol. The van der Waals surface area contributed by atoms with Crippen LogP contribution in [0.4, 0.5) is 0 Å². The number of aliphatic imine (C=N–C) groups is 1. The number of nitrogens with two attached hydrogens (primary N) is 1. The molecule has 2 atom stereocenters. The van der Waals surface area contributed by atoms with Crippen molar-refractivity contribution in [3.05, 3.63) is 0 Å². The van der Waals surface area contributed by atoms with Gasteiger partial charge in [0, 0.05) is 13.1 Å². The van der Waals surface area contributed by atoms with Crippen LogP contribution in [0.5, 0.6) is 0 Å². The monoisotopic (exact) mass is 367 g/mol. The molecule has 0 aromatic rings. The van der Waals surface area contributed by atoms with Gasteiger partial charge in [-0.3, -0.25) is 4.99 Å². The van der Waals surface area contributed by atoms with Crippen molar-refractivity contribution in [2.24, 2.45) is 28.5 Å². The van der Waals surface area contributed by atoms with Gasteiger partial charge in [0.25, 0.3) is 0 Å². The predicted molar refractivity (Wildman–Crippen MR) is 90.5 cm³/mol. The van der Waals surface area contributed by atoms with Crippen molar-refractivity contribution in [1.29, 1.82) is 0 Å². The van der Waals surface area contributed by atoms with Crippen LogP contribution in [0.25, 0.3) is 0 Å². The number of hydrogen-bond acceptors (Lipinski definition) is 1. The molecule has 0 saturated heterocycles. The van der Waals surface area contributed by atoms with Crippen molar-refractivity contribution in [3.8, 4) is 0 Å². The molecule has 3 N–H and O–H groups in total. The number of nitrogens with zero attached hydrogens (tertiary/aromatic N) is 1. The average Bonchev–Trinajstić information content (AvgIpc) is 2.26. The van der Waals surface area contributed by atoms with E-state index in [0.29, 0.717) is 5.96 Å². The third-order valence-electron chi connectivity index (χ3n) is 3.59. The van der Waals surface area contributed by atoms with E-state index in [1.807, 2.05) is 0 Å². The summed E-state index contributed by atoms with van der Waals surface area (Å²) in [6.45, 7) is 8.63. The number of hydrogen-bond donors (Lipinski definition) is 2. The summed E-state index contributed by atoms with van der Waals surface area (Å²) in [7, 11) is 0. The fourth-order valence-electron chi connectivity index (χ4n) is 2.50. The van der Waals surface area contributed by atoms with Gasteiger partial charge in [0.2, 0.25) is 0 Å². The molecule has 2 unspecified atom stereocenters. The molecule has 18 heavy (non-hydrogen) atoms. The van der Waals surface area contributed by atoms with Crippen LogP contribution in [-0.4, -0.2) is 19.0 Å². The van der Waals surface area contributed by atoms with Crippen LogP contribution >= 0.6 is 24.0 Å². The number of guanidine groups is 1. The molecule has 4 heteroatoms. The van der Waals surface area contributed by atoms with E-state index in [-0.39, 0.29) is 24.0 Å². The highest BCUT2D eigenvalue weighted by molar-refractivity contribution is 14.0. The third-order valence-corrected chi connectivity index (χ3v) is 3.59. The second-order valence-corrected chi connectivity index (χ2v) is 5.97. The Hall–Kier alpha value is 0. The van der Waals surface area contributed by atoms with Crippen LogP contribution in [-0.2, 0) is 0 Å². The lowest BCUT2D eigenvalue weighted by molar-refractivity contribution is 0.289. The molecule has 0 heterocycles. The van der Waals surface area contributed by atoms with Crippen LogP contribution in [0.3, 0.4) is 0 Å². The molecule has 0 aliphatic heterocycles. The Morgan fingerprint density at radius 3 is 2.72 bits per heavy atom. The number of halogens is 1. The van der Waals surface area contributed by atoms with E-state index in [2.05, 4.69) is 31.1 Å². The van der Waals surface area contributed by atoms with Gasteiger partial charge in [0.15, 0.2) is 5.96 Å². The molecule has 1 aliphatic carbocycles. The molecule has 0 spiro atoms. The van der Waals surface area contributed by atoms with E-state index in [9.17, 15) is 0 Å². The van der Waals surface area contributed by atoms with Gasteiger partial charge in [0.1, 0.15) is 0 Å². The lowest BCUT2D eigenvalue weighted by Gasteiger charge is -2.25. The molecule has 108 valence electrons. The van der Waals surface area contributed by atoms with Gasteiger partial charge in [-0.2, -0.15) is 0 Å². The fourth-order valence-corrected chi connectivity index (χ4v) is 2.50. The van der Waals surface area contributed by atoms with Gasteiger partial charge in [0.05, 0.1) is 0 Å². The zero-order valence-electron chi connectivity index (χ0n) is 12.1. The molecule has 1 aliphatic rings. The molecule has 0 aromatic heterocycles. The lowest BCUT2D eigenvalue weighted by atomic mass is 9.82. The number of rotatable bonds is 5. The normalized spacial score (nSPS) is 24.8. The van der Waals surface area contributed by atoms with E-state index in [1.54, 1.807) is 0 Å². The predicted octanol–water partition coefficient (Wildman–Crippen LogP) is 3.38. The van der Waals surface area contributed by atoms with Crippen LogP contribution in [0.2, 0.25) is 0 Å². The summed E-state index contributed by atoms with van der Waals surface area (Å²) in [6, 6.07) is 0. The molecule has 0 amide bonds. The van der Waals surface area contributed by atoms with E-state index in [0.717, 1.165) is 37.3 Å². The minimum absolute atomic E-state index is 0. The van der Waals surface area contributed by atoms with Crippen LogP contribution in [0.15, 0.2) is 4.99 Å². The smallest absolute Gasteiger partial charge is 0.188 e. The van der Waals surface area contributed by atoms with Crippen molar-refractivity contribution in [2.45, 2.75) is 52.9 Å². The molecule has 1 fully saturated rings. The van der Waals surface area contributed by atoms with Crippen molar-refractivity contribution >= 4 is 29.9 Å². The Kier molecular flexibility index (Phi) is 9.87. The molecule has 0 radical (unpaired) electrons. The standard InChI is InChI=1S/C14H29N3.HI/c1-11(2)7-8-16-14(15)17-10-13-6-4-5-12(3)9-13;/h11-13H,4-10H2,1-3H3,(H3,15,16,17);1H. The summed E-state index contributed by atoms with van der Waals surface area (Å²) in [6.07, 6.45) is 6.55. The largest absolute Gasteiger partial charge is 0.370 e. The molecule has 3 nitrogen and oxygen atoms in total. The number of nitrogens with one attached hydrogen (secondary N) is 1. The first kappa shape index (κ1) is 18.0. The van der Waals surface area contributed by atoms with E-state index in [4.69, 9.17) is 5.73 Å². The quantitative estimate of drug-likeness (QED) is 0.445. The van der Waals surface area contributed by atoms with Gasteiger partial charge in [-0.25, -0.2) is 0 Å². The minimum atomic E-state index is 0. The second kappa shape index (κ2) is 9.87. The molecule has 0 bridgehead atoms. The van der Waals surface area contributed by atoms with E-state index < -0.39 is 0 Å².